The third kappa shape index (κ3) is 17.0. The van der Waals surface area contributed by atoms with E-state index in [-0.39, 0.29) is 37.4 Å². The van der Waals surface area contributed by atoms with Gasteiger partial charge >= 0.3 is 0 Å². The Morgan fingerprint density at radius 2 is 1.11 bits per heavy atom. The van der Waals surface area contributed by atoms with Crippen molar-refractivity contribution in [2.24, 2.45) is 35.0 Å². The van der Waals surface area contributed by atoms with Gasteiger partial charge in [0.05, 0.1) is 0 Å². The molecule has 8 amide bonds. The monoisotopic (exact) mass is 789 g/mol. The van der Waals surface area contributed by atoms with E-state index in [1.165, 1.54) is 19.1 Å². The van der Waals surface area contributed by atoms with Gasteiger partial charge in [-0.2, -0.15) is 0 Å². The number of rotatable bonds is 25. The molecule has 56 heavy (non-hydrogen) atoms. The van der Waals surface area contributed by atoms with Crippen molar-refractivity contribution in [1.82, 2.24) is 31.9 Å². The summed E-state index contributed by atoms with van der Waals surface area (Å²) in [5, 5.41) is 25.6. The van der Waals surface area contributed by atoms with Gasteiger partial charge in [0, 0.05) is 19.8 Å². The zero-order valence-corrected chi connectivity index (χ0v) is 33.6. The smallest absolute Gasteiger partial charge is 0.243 e. The lowest BCUT2D eigenvalue weighted by atomic mass is 9.95. The fourth-order valence-electron chi connectivity index (χ4n) is 5.69. The van der Waals surface area contributed by atoms with Gasteiger partial charge in [-0.15, -0.1) is 0 Å². The maximum Gasteiger partial charge on any atom is 0.243 e. The van der Waals surface area contributed by atoms with Crippen molar-refractivity contribution in [3.8, 4) is 5.75 Å². The molecule has 0 heterocycles. The molecular formula is C38H63N9O9. The summed E-state index contributed by atoms with van der Waals surface area (Å²) >= 11 is 0. The minimum Gasteiger partial charge on any atom is -0.508 e. The molecule has 0 saturated heterocycles. The van der Waals surface area contributed by atoms with Crippen molar-refractivity contribution >= 4 is 47.3 Å². The van der Waals surface area contributed by atoms with E-state index in [1.807, 2.05) is 0 Å². The van der Waals surface area contributed by atoms with E-state index in [0.717, 1.165) is 0 Å². The zero-order chi connectivity index (χ0) is 42.7. The number of nitrogens with one attached hydrogen (secondary N) is 6. The van der Waals surface area contributed by atoms with Gasteiger partial charge in [-0.05, 0) is 67.7 Å². The molecule has 0 aliphatic rings. The van der Waals surface area contributed by atoms with E-state index in [9.17, 15) is 43.5 Å². The van der Waals surface area contributed by atoms with Gasteiger partial charge in [-0.25, -0.2) is 0 Å². The maximum atomic E-state index is 13.9. The summed E-state index contributed by atoms with van der Waals surface area (Å²) in [6.07, 6.45) is 1.24. The Balaban J connectivity index is 3.38. The summed E-state index contributed by atoms with van der Waals surface area (Å²) < 4.78 is 0. The number of carbonyl (C=O) groups excluding carboxylic acids is 8. The van der Waals surface area contributed by atoms with Crippen LogP contribution in [0.2, 0.25) is 0 Å². The molecule has 1 aromatic carbocycles. The second-order valence-corrected chi connectivity index (χ2v) is 14.8. The van der Waals surface area contributed by atoms with E-state index >= 15 is 0 Å². The Bertz CT molecular complexity index is 1500. The third-order valence-electron chi connectivity index (χ3n) is 9.28. The van der Waals surface area contributed by atoms with Crippen LogP contribution in [-0.2, 0) is 44.8 Å². The summed E-state index contributed by atoms with van der Waals surface area (Å²) in [4.78, 5) is 104. The second-order valence-electron chi connectivity index (χ2n) is 14.8. The van der Waals surface area contributed by atoms with Crippen LogP contribution in [0, 0.1) is 17.8 Å². The van der Waals surface area contributed by atoms with Crippen LogP contribution in [0.3, 0.4) is 0 Å². The van der Waals surface area contributed by atoms with E-state index in [2.05, 4.69) is 31.9 Å². The highest BCUT2D eigenvalue weighted by atomic mass is 16.3. The molecular weight excluding hydrogens is 726 g/mol. The van der Waals surface area contributed by atoms with Crippen LogP contribution in [0.25, 0.3) is 0 Å². The topological polar surface area (TPSA) is 307 Å². The lowest BCUT2D eigenvalue weighted by molar-refractivity contribution is -0.137. The van der Waals surface area contributed by atoms with Gasteiger partial charge in [0.1, 0.15) is 42.0 Å². The highest BCUT2D eigenvalue weighted by Crippen LogP contribution is 2.15. The first-order chi connectivity index (χ1) is 26.2. The average Bonchev–Trinajstić information content (AvgIpc) is 3.12. The molecule has 1 aromatic rings. The van der Waals surface area contributed by atoms with Gasteiger partial charge < -0.3 is 54.2 Å². The first-order valence-electron chi connectivity index (χ1n) is 19.1. The largest absolute Gasteiger partial charge is 0.508 e. The van der Waals surface area contributed by atoms with E-state index < -0.39 is 95.3 Å². The number of phenolic OH excluding ortho intramolecular Hbond substituents is 1. The van der Waals surface area contributed by atoms with Crippen molar-refractivity contribution in [1.29, 1.82) is 0 Å². The first-order valence-corrected chi connectivity index (χ1v) is 19.1. The molecule has 0 bridgehead atoms. The van der Waals surface area contributed by atoms with Gasteiger partial charge in [0.15, 0.2) is 0 Å². The normalized spacial score (nSPS) is 14.9. The Morgan fingerprint density at radius 1 is 0.625 bits per heavy atom. The minimum atomic E-state index is -1.31. The van der Waals surface area contributed by atoms with Crippen LogP contribution in [0.5, 0.6) is 5.75 Å². The molecule has 0 aromatic heterocycles. The number of nitrogens with two attached hydrogens (primary N) is 3. The molecule has 0 radical (unpaired) electrons. The Labute approximate surface area is 329 Å². The molecule has 13 N–H and O–H groups in total. The van der Waals surface area contributed by atoms with Gasteiger partial charge in [-0.1, -0.05) is 60.1 Å². The number of primary amides is 2. The summed E-state index contributed by atoms with van der Waals surface area (Å²) in [5.41, 5.74) is 17.0. The molecule has 314 valence electrons. The number of carbonyl (C=O) groups is 8. The van der Waals surface area contributed by atoms with Gasteiger partial charge in [0.2, 0.25) is 47.3 Å². The van der Waals surface area contributed by atoms with Crippen LogP contribution in [0.4, 0.5) is 0 Å². The lowest BCUT2D eigenvalue weighted by Gasteiger charge is -2.31. The van der Waals surface area contributed by atoms with Crippen LogP contribution >= 0.6 is 0 Å². The van der Waals surface area contributed by atoms with Crippen LogP contribution in [0.15, 0.2) is 24.3 Å². The number of aromatic hydroxyl groups is 1. The summed E-state index contributed by atoms with van der Waals surface area (Å²) in [6.45, 7) is 11.9. The van der Waals surface area contributed by atoms with E-state index in [1.54, 1.807) is 53.7 Å². The van der Waals surface area contributed by atoms with Crippen molar-refractivity contribution in [3.05, 3.63) is 29.8 Å². The Hall–Kier alpha value is -5.26. The number of benzene rings is 1. The quantitative estimate of drug-likeness (QED) is 0.0545. The van der Waals surface area contributed by atoms with Crippen LogP contribution in [-0.4, -0.2) is 95.2 Å². The van der Waals surface area contributed by atoms with Gasteiger partial charge in [-0.3, -0.25) is 38.4 Å². The van der Waals surface area contributed by atoms with Crippen LogP contribution in [0.1, 0.15) is 92.6 Å². The summed E-state index contributed by atoms with van der Waals surface area (Å²) in [7, 11) is 0. The average molecular weight is 790 g/mol. The maximum absolute atomic E-state index is 13.9. The number of hydrogen-bond donors (Lipinski definition) is 10. The zero-order valence-electron chi connectivity index (χ0n) is 33.6. The van der Waals surface area contributed by atoms with Gasteiger partial charge in [0.25, 0.3) is 0 Å². The standard InChI is InChI=1S/C38H63N9O9/c1-8-22(6)32(47-34(52)27(16-17-29(40)50)44-36(54)30(20(2)3)42-23(7)48)38(56)46-31(21(4)5)37(55)45-28(19-24-12-14-25(49)15-13-24)35(53)43-26(33(41)51)11-9-10-18-39/h12-15,20-22,26-28,30-32,49H,8-11,16-19,39H2,1-7H3,(H2,40,50)(H2,41,51)(H,42,48)(H,43,53)(H,44,54)(H,45,55)(H,46,56)(H,47,52)/t22-,26+,27+,28+,30+,31+,32+/m1/s1. The van der Waals surface area contributed by atoms with Crippen molar-refractivity contribution in [2.45, 2.75) is 130 Å². The first kappa shape index (κ1) is 48.8. The number of hydrogen-bond acceptors (Lipinski definition) is 10. The fraction of sp³-hybridized carbons (Fsp3) is 0.632. The predicted octanol–water partition coefficient (Wildman–Crippen LogP) is -0.899. The molecule has 0 aliphatic heterocycles. The SMILES string of the molecule is CC[C@@H](C)[C@H](NC(=O)[C@H](CCC(N)=O)NC(=O)[C@@H](NC(C)=O)C(C)C)C(=O)N[C@H](C(=O)N[C@@H](Cc1ccc(O)cc1)C(=O)N[C@@H](CCCCN)C(N)=O)C(C)C. The Kier molecular flexibility index (Phi) is 21.2. The molecule has 0 saturated carbocycles. The lowest BCUT2D eigenvalue weighted by Crippen LogP contribution is -2.62. The molecule has 18 heteroatoms. The summed E-state index contributed by atoms with van der Waals surface area (Å²) in [5.74, 6) is -6.96. The molecule has 0 fully saturated rings. The third-order valence-corrected chi connectivity index (χ3v) is 9.28. The Morgan fingerprint density at radius 3 is 1.59 bits per heavy atom. The van der Waals surface area contributed by atoms with Crippen molar-refractivity contribution < 1.29 is 43.5 Å². The van der Waals surface area contributed by atoms with Crippen molar-refractivity contribution in [3.63, 3.8) is 0 Å². The molecule has 0 spiro atoms. The second kappa shape index (κ2) is 24.3. The fourth-order valence-corrected chi connectivity index (χ4v) is 5.69. The van der Waals surface area contributed by atoms with Crippen molar-refractivity contribution in [2.75, 3.05) is 6.54 Å². The molecule has 7 atom stereocenters. The predicted molar refractivity (Wildman–Crippen MR) is 209 cm³/mol. The summed E-state index contributed by atoms with van der Waals surface area (Å²) in [6, 6.07) is -1.04. The number of phenols is 1. The minimum absolute atomic E-state index is 0.00988. The molecule has 0 unspecified atom stereocenters. The van der Waals surface area contributed by atoms with Crippen LogP contribution < -0.4 is 49.1 Å². The molecule has 1 rings (SSSR count). The highest BCUT2D eigenvalue weighted by Gasteiger charge is 2.36. The highest BCUT2D eigenvalue weighted by molar-refractivity contribution is 5.97. The number of amides is 8. The molecule has 18 nitrogen and oxygen atoms in total. The number of unbranched alkanes of at least 4 members (excludes halogenated alkanes) is 1. The molecule has 0 aliphatic carbocycles. The van der Waals surface area contributed by atoms with E-state index in [0.29, 0.717) is 31.4 Å². The van der Waals surface area contributed by atoms with E-state index in [4.69, 9.17) is 17.2 Å².